The lowest BCUT2D eigenvalue weighted by Gasteiger charge is -1.93. The molecule has 3 nitrogen and oxygen atoms in total. The van der Waals surface area contributed by atoms with Crippen molar-refractivity contribution in [1.29, 1.82) is 5.53 Å². The molecule has 3 heteroatoms. The monoisotopic (exact) mass is 173 g/mol. The van der Waals surface area contributed by atoms with Gasteiger partial charge in [0.05, 0.1) is 6.54 Å². The van der Waals surface area contributed by atoms with Crippen LogP contribution in [-0.4, -0.2) is 4.98 Å². The van der Waals surface area contributed by atoms with Gasteiger partial charge in [0.25, 0.3) is 0 Å². The second-order valence-corrected chi connectivity index (χ2v) is 3.09. The molecule has 13 heavy (non-hydrogen) atoms. The third kappa shape index (κ3) is 1.22. The van der Waals surface area contributed by atoms with Gasteiger partial charge in [-0.1, -0.05) is 18.2 Å². The molecule has 0 aliphatic rings. The maximum atomic E-state index is 6.86. The lowest BCUT2D eigenvalue weighted by molar-refractivity contribution is 0.905. The predicted molar refractivity (Wildman–Crippen MR) is 51.9 cm³/mol. The van der Waals surface area contributed by atoms with E-state index in [1.165, 1.54) is 5.39 Å². The number of hydrogen-bond acceptors (Lipinski definition) is 2. The highest BCUT2D eigenvalue weighted by Crippen LogP contribution is 2.22. The summed E-state index contributed by atoms with van der Waals surface area (Å²) in [6.07, 6.45) is 0. The molecule has 2 rings (SSSR count). The van der Waals surface area contributed by atoms with Gasteiger partial charge < -0.3 is 4.98 Å². The summed E-state index contributed by atoms with van der Waals surface area (Å²) >= 11 is 0. The Morgan fingerprint density at radius 2 is 2.15 bits per heavy atom. The first kappa shape index (κ1) is 7.98. The zero-order valence-electron chi connectivity index (χ0n) is 7.46. The molecular formula is C10H11N3. The molecule has 0 aliphatic heterocycles. The number of H-pyrrole nitrogens is 1. The van der Waals surface area contributed by atoms with Crippen LogP contribution < -0.4 is 0 Å². The Morgan fingerprint density at radius 1 is 1.38 bits per heavy atom. The number of fused-ring (bicyclic) bond motifs is 1. The molecule has 1 aromatic heterocycles. The maximum Gasteiger partial charge on any atom is 0.0869 e. The van der Waals surface area contributed by atoms with Crippen molar-refractivity contribution in [2.24, 2.45) is 5.11 Å². The molecule has 0 amide bonds. The third-order valence-corrected chi connectivity index (χ3v) is 2.26. The largest absolute Gasteiger partial charge is 0.358 e. The van der Waals surface area contributed by atoms with E-state index in [-0.39, 0.29) is 0 Å². The summed E-state index contributed by atoms with van der Waals surface area (Å²) < 4.78 is 0. The van der Waals surface area contributed by atoms with Crippen molar-refractivity contribution in [2.45, 2.75) is 13.5 Å². The van der Waals surface area contributed by atoms with Gasteiger partial charge in [-0.25, -0.2) is 5.53 Å². The standard InChI is InChI=1S/C10H11N3/c1-7-9(6-12-11)8-4-2-3-5-10(8)13-7/h2-5,11,13H,6H2,1H3. The first-order chi connectivity index (χ1) is 6.33. The van der Waals surface area contributed by atoms with Crippen LogP contribution in [0.4, 0.5) is 0 Å². The number of hydrogen-bond donors (Lipinski definition) is 2. The van der Waals surface area contributed by atoms with Crippen LogP contribution in [0.15, 0.2) is 29.4 Å². The molecule has 0 saturated heterocycles. The van der Waals surface area contributed by atoms with Crippen LogP contribution >= 0.6 is 0 Å². The number of nitrogens with one attached hydrogen (secondary N) is 2. The first-order valence-corrected chi connectivity index (χ1v) is 4.22. The zero-order chi connectivity index (χ0) is 9.26. The van der Waals surface area contributed by atoms with Crippen LogP contribution in [0.25, 0.3) is 10.9 Å². The highest BCUT2D eigenvalue weighted by Gasteiger charge is 2.05. The van der Waals surface area contributed by atoms with Crippen LogP contribution in [-0.2, 0) is 6.54 Å². The average Bonchev–Trinajstić information content (AvgIpc) is 2.44. The molecule has 0 radical (unpaired) electrons. The third-order valence-electron chi connectivity index (χ3n) is 2.26. The van der Waals surface area contributed by atoms with Gasteiger partial charge >= 0.3 is 0 Å². The van der Waals surface area contributed by atoms with E-state index in [0.29, 0.717) is 6.54 Å². The fourth-order valence-corrected chi connectivity index (χ4v) is 1.62. The second kappa shape index (κ2) is 3.01. The molecule has 0 spiro atoms. The Kier molecular flexibility index (Phi) is 1.85. The number of nitrogens with zero attached hydrogens (tertiary/aromatic N) is 1. The van der Waals surface area contributed by atoms with Crippen LogP contribution in [0, 0.1) is 12.5 Å². The molecular weight excluding hydrogens is 162 g/mol. The summed E-state index contributed by atoms with van der Waals surface area (Å²) in [6, 6.07) is 8.10. The summed E-state index contributed by atoms with van der Waals surface area (Å²) in [5.74, 6) is 0. The van der Waals surface area contributed by atoms with E-state index in [1.54, 1.807) is 0 Å². The van der Waals surface area contributed by atoms with E-state index in [4.69, 9.17) is 5.53 Å². The van der Waals surface area contributed by atoms with E-state index in [1.807, 2.05) is 25.1 Å². The number of para-hydroxylation sites is 1. The van der Waals surface area contributed by atoms with Crippen molar-refractivity contribution in [2.75, 3.05) is 0 Å². The first-order valence-electron chi connectivity index (χ1n) is 4.22. The fourth-order valence-electron chi connectivity index (χ4n) is 1.62. The second-order valence-electron chi connectivity index (χ2n) is 3.09. The summed E-state index contributed by atoms with van der Waals surface area (Å²) in [5, 5.41) is 4.60. The SMILES string of the molecule is Cc1[nH]c2ccccc2c1CN=N. The van der Waals surface area contributed by atoms with Gasteiger partial charge in [0.1, 0.15) is 0 Å². The fraction of sp³-hybridized carbons (Fsp3) is 0.200. The van der Waals surface area contributed by atoms with Crippen molar-refractivity contribution < 1.29 is 0 Å². The highest BCUT2D eigenvalue weighted by molar-refractivity contribution is 5.84. The molecule has 0 unspecified atom stereocenters. The normalized spacial score (nSPS) is 10.5. The smallest absolute Gasteiger partial charge is 0.0869 e. The summed E-state index contributed by atoms with van der Waals surface area (Å²) in [5.41, 5.74) is 10.2. The van der Waals surface area contributed by atoms with Crippen molar-refractivity contribution >= 4 is 10.9 Å². The molecule has 0 aliphatic carbocycles. The van der Waals surface area contributed by atoms with Gasteiger partial charge in [-0.05, 0) is 13.0 Å². The van der Waals surface area contributed by atoms with Gasteiger partial charge in [-0.3, -0.25) is 0 Å². The van der Waals surface area contributed by atoms with Gasteiger partial charge in [-0.2, -0.15) is 5.11 Å². The molecule has 0 bridgehead atoms. The molecule has 0 saturated carbocycles. The van der Waals surface area contributed by atoms with E-state index in [2.05, 4.69) is 16.2 Å². The van der Waals surface area contributed by atoms with Gasteiger partial charge in [-0.15, -0.1) is 0 Å². The van der Waals surface area contributed by atoms with Crippen LogP contribution in [0.2, 0.25) is 0 Å². The van der Waals surface area contributed by atoms with Gasteiger partial charge in [0.15, 0.2) is 0 Å². The topological polar surface area (TPSA) is 52.0 Å². The predicted octanol–water partition coefficient (Wildman–Crippen LogP) is 3.01. The quantitative estimate of drug-likeness (QED) is 0.656. The minimum absolute atomic E-state index is 0.468. The number of benzene rings is 1. The minimum Gasteiger partial charge on any atom is -0.358 e. The van der Waals surface area contributed by atoms with Crippen molar-refractivity contribution in [3.63, 3.8) is 0 Å². The Morgan fingerprint density at radius 3 is 2.92 bits per heavy atom. The van der Waals surface area contributed by atoms with Crippen LogP contribution in [0.5, 0.6) is 0 Å². The molecule has 2 aromatic rings. The van der Waals surface area contributed by atoms with Gasteiger partial charge in [0, 0.05) is 22.2 Å². The highest BCUT2D eigenvalue weighted by atomic mass is 14.9. The molecule has 2 N–H and O–H groups in total. The molecule has 1 heterocycles. The molecule has 0 atom stereocenters. The van der Waals surface area contributed by atoms with Gasteiger partial charge in [0.2, 0.25) is 0 Å². The van der Waals surface area contributed by atoms with Crippen molar-refractivity contribution in [3.05, 3.63) is 35.5 Å². The number of aryl methyl sites for hydroxylation is 1. The Hall–Kier alpha value is -1.64. The van der Waals surface area contributed by atoms with Crippen LogP contribution in [0.1, 0.15) is 11.3 Å². The summed E-state index contributed by atoms with van der Waals surface area (Å²) in [4.78, 5) is 3.27. The maximum absolute atomic E-state index is 6.86. The molecule has 66 valence electrons. The average molecular weight is 173 g/mol. The number of rotatable bonds is 2. The van der Waals surface area contributed by atoms with Crippen molar-refractivity contribution in [1.82, 2.24) is 4.98 Å². The Labute approximate surface area is 76.3 Å². The Balaban J connectivity index is 2.70. The lowest BCUT2D eigenvalue weighted by atomic mass is 10.1. The van der Waals surface area contributed by atoms with Crippen LogP contribution in [0.3, 0.4) is 0 Å². The van der Waals surface area contributed by atoms with E-state index in [9.17, 15) is 0 Å². The Bertz CT molecular complexity index is 442. The van der Waals surface area contributed by atoms with E-state index in [0.717, 1.165) is 16.8 Å². The van der Waals surface area contributed by atoms with E-state index >= 15 is 0 Å². The zero-order valence-corrected chi connectivity index (χ0v) is 7.46. The van der Waals surface area contributed by atoms with Crippen molar-refractivity contribution in [3.8, 4) is 0 Å². The number of aromatic nitrogens is 1. The molecule has 1 aromatic carbocycles. The minimum atomic E-state index is 0.468. The summed E-state index contributed by atoms with van der Waals surface area (Å²) in [7, 11) is 0. The van der Waals surface area contributed by atoms with E-state index < -0.39 is 0 Å². The summed E-state index contributed by atoms with van der Waals surface area (Å²) in [6.45, 7) is 2.48. The lowest BCUT2D eigenvalue weighted by Crippen LogP contribution is -1.81. The molecule has 0 fully saturated rings. The number of aromatic amines is 1.